The van der Waals surface area contributed by atoms with Crippen LogP contribution in [0.15, 0.2) is 53.6 Å². The zero-order valence-electron chi connectivity index (χ0n) is 18.8. The number of benzene rings is 2. The molecule has 0 aromatic heterocycles. The molecule has 0 aliphatic heterocycles. The number of allylic oxidation sites excluding steroid dienone is 4. The molecular weight excluding hydrogens is 336 g/mol. The Morgan fingerprint density at radius 2 is 1.46 bits per heavy atom. The lowest BCUT2D eigenvalue weighted by atomic mass is 9.77. The van der Waals surface area contributed by atoms with Gasteiger partial charge in [-0.05, 0) is 70.0 Å². The summed E-state index contributed by atoms with van der Waals surface area (Å²) in [6.45, 7) is 18.5. The van der Waals surface area contributed by atoms with E-state index in [9.17, 15) is 0 Å². The van der Waals surface area contributed by atoms with Crippen LogP contribution < -0.4 is 0 Å². The molecule has 0 nitrogen and oxygen atoms in total. The zero-order valence-corrected chi connectivity index (χ0v) is 18.8. The smallest absolute Gasteiger partial charge is 0.0237 e. The highest BCUT2D eigenvalue weighted by Gasteiger charge is 2.29. The van der Waals surface area contributed by atoms with Crippen LogP contribution in [0.1, 0.15) is 89.1 Å². The monoisotopic (exact) mass is 370 g/mol. The number of hydrogen-bond donors (Lipinski definition) is 0. The van der Waals surface area contributed by atoms with Crippen LogP contribution in [0.3, 0.4) is 0 Å². The van der Waals surface area contributed by atoms with Gasteiger partial charge >= 0.3 is 0 Å². The van der Waals surface area contributed by atoms with Crippen molar-refractivity contribution in [3.8, 4) is 11.1 Å². The van der Waals surface area contributed by atoms with Gasteiger partial charge in [0.05, 0.1) is 0 Å². The standard InChI is InChI=1S/C28H34/c1-17-11-18(2)22(12-17)25-14-20-13-19-9-10-21(27(3,4)5)15-23(19)24(20)16-26(25)28(6,7)8/h9-12,14-16,22H,13H2,1-8H3. The Labute approximate surface area is 171 Å². The van der Waals surface area contributed by atoms with Gasteiger partial charge in [-0.3, -0.25) is 0 Å². The highest BCUT2D eigenvalue weighted by atomic mass is 14.3. The van der Waals surface area contributed by atoms with E-state index in [0.29, 0.717) is 5.92 Å². The maximum absolute atomic E-state index is 2.52. The average molecular weight is 371 g/mol. The molecule has 0 radical (unpaired) electrons. The topological polar surface area (TPSA) is 0 Å². The minimum absolute atomic E-state index is 0.124. The van der Waals surface area contributed by atoms with Gasteiger partial charge in [0.1, 0.15) is 0 Å². The van der Waals surface area contributed by atoms with Crippen LogP contribution in [0.25, 0.3) is 11.1 Å². The van der Waals surface area contributed by atoms with Gasteiger partial charge in [-0.2, -0.15) is 0 Å². The molecule has 2 aromatic carbocycles. The summed E-state index contributed by atoms with van der Waals surface area (Å²) < 4.78 is 0. The Kier molecular flexibility index (Phi) is 4.27. The molecule has 0 N–H and O–H groups in total. The first kappa shape index (κ1) is 19.2. The molecule has 146 valence electrons. The Balaban J connectivity index is 1.91. The van der Waals surface area contributed by atoms with Crippen molar-refractivity contribution in [1.82, 2.24) is 0 Å². The van der Waals surface area contributed by atoms with Gasteiger partial charge in [-0.25, -0.2) is 0 Å². The molecule has 4 rings (SSSR count). The van der Waals surface area contributed by atoms with Crippen molar-refractivity contribution in [2.75, 3.05) is 0 Å². The molecule has 0 fully saturated rings. The number of rotatable bonds is 1. The largest absolute Gasteiger partial charge is 0.0700 e. The van der Waals surface area contributed by atoms with E-state index in [1.165, 1.54) is 50.1 Å². The molecule has 2 aromatic rings. The van der Waals surface area contributed by atoms with Gasteiger partial charge in [-0.1, -0.05) is 95.2 Å². The van der Waals surface area contributed by atoms with Gasteiger partial charge < -0.3 is 0 Å². The van der Waals surface area contributed by atoms with Gasteiger partial charge in [0.2, 0.25) is 0 Å². The first-order valence-corrected chi connectivity index (χ1v) is 10.6. The van der Waals surface area contributed by atoms with Crippen molar-refractivity contribution in [2.45, 2.75) is 78.6 Å². The van der Waals surface area contributed by atoms with Crippen LogP contribution in [-0.4, -0.2) is 0 Å². The third-order valence-electron chi connectivity index (χ3n) is 6.44. The van der Waals surface area contributed by atoms with E-state index in [0.717, 1.165) is 6.42 Å². The number of fused-ring (bicyclic) bond motifs is 3. The molecular formula is C28H34. The molecule has 2 aliphatic carbocycles. The average Bonchev–Trinajstić information content (AvgIpc) is 3.10. The van der Waals surface area contributed by atoms with Gasteiger partial charge in [-0.15, -0.1) is 0 Å². The second kappa shape index (κ2) is 6.21. The molecule has 0 spiro atoms. The molecule has 0 heterocycles. The second-order valence-corrected chi connectivity index (χ2v) is 10.9. The molecule has 2 aliphatic rings. The van der Waals surface area contributed by atoms with Crippen LogP contribution in [0, 0.1) is 0 Å². The summed E-state index contributed by atoms with van der Waals surface area (Å²) in [4.78, 5) is 0. The number of hydrogen-bond acceptors (Lipinski definition) is 0. The summed E-state index contributed by atoms with van der Waals surface area (Å²) >= 11 is 0. The fourth-order valence-electron chi connectivity index (χ4n) is 4.85. The molecule has 28 heavy (non-hydrogen) atoms. The Morgan fingerprint density at radius 1 is 0.786 bits per heavy atom. The molecule has 1 unspecified atom stereocenters. The van der Waals surface area contributed by atoms with E-state index >= 15 is 0 Å². The maximum Gasteiger partial charge on any atom is 0.0237 e. The predicted molar refractivity (Wildman–Crippen MR) is 122 cm³/mol. The van der Waals surface area contributed by atoms with Crippen molar-refractivity contribution in [1.29, 1.82) is 0 Å². The van der Waals surface area contributed by atoms with Gasteiger partial charge in [0.25, 0.3) is 0 Å². The molecule has 0 amide bonds. The summed E-state index contributed by atoms with van der Waals surface area (Å²) in [6, 6.07) is 12.2. The zero-order chi connectivity index (χ0) is 20.4. The van der Waals surface area contributed by atoms with Crippen LogP contribution >= 0.6 is 0 Å². The first-order chi connectivity index (χ1) is 12.9. The molecule has 1 atom stereocenters. The quantitative estimate of drug-likeness (QED) is 0.409. The van der Waals surface area contributed by atoms with Crippen molar-refractivity contribution in [3.63, 3.8) is 0 Å². The van der Waals surface area contributed by atoms with E-state index < -0.39 is 0 Å². The summed E-state index contributed by atoms with van der Waals surface area (Å²) in [6.07, 6.45) is 5.84. The van der Waals surface area contributed by atoms with Crippen LogP contribution in [0.2, 0.25) is 0 Å². The molecule has 0 saturated carbocycles. The fourth-order valence-corrected chi connectivity index (χ4v) is 4.85. The van der Waals surface area contributed by atoms with Crippen LogP contribution in [0.5, 0.6) is 0 Å². The molecule has 0 bridgehead atoms. The predicted octanol–water partition coefficient (Wildman–Crippen LogP) is 7.84. The third-order valence-corrected chi connectivity index (χ3v) is 6.44. The SMILES string of the molecule is CC1=CC(c2cc3c(cc2C(C)(C)C)-c2cc(C(C)(C)C)ccc2C3)C(C)=C1. The minimum Gasteiger partial charge on any atom is -0.0700 e. The Morgan fingerprint density at radius 3 is 2.04 bits per heavy atom. The van der Waals surface area contributed by atoms with Crippen molar-refractivity contribution in [2.24, 2.45) is 0 Å². The minimum atomic E-state index is 0.124. The third kappa shape index (κ3) is 3.17. The van der Waals surface area contributed by atoms with Crippen molar-refractivity contribution >= 4 is 0 Å². The van der Waals surface area contributed by atoms with Gasteiger partial charge in [0.15, 0.2) is 0 Å². The highest BCUT2D eigenvalue weighted by Crippen LogP contribution is 2.46. The first-order valence-electron chi connectivity index (χ1n) is 10.6. The molecule has 0 saturated heterocycles. The van der Waals surface area contributed by atoms with E-state index in [4.69, 9.17) is 0 Å². The van der Waals surface area contributed by atoms with E-state index in [1.807, 2.05) is 0 Å². The normalized spacial score (nSPS) is 18.6. The van der Waals surface area contributed by atoms with Crippen LogP contribution in [0.4, 0.5) is 0 Å². The summed E-state index contributed by atoms with van der Waals surface area (Å²) in [5.41, 5.74) is 13.4. The Bertz CT molecular complexity index is 1010. The summed E-state index contributed by atoms with van der Waals surface area (Å²) in [7, 11) is 0. The van der Waals surface area contributed by atoms with E-state index in [-0.39, 0.29) is 10.8 Å². The van der Waals surface area contributed by atoms with Crippen molar-refractivity contribution < 1.29 is 0 Å². The summed E-state index contributed by atoms with van der Waals surface area (Å²) in [5, 5.41) is 0. The lowest BCUT2D eigenvalue weighted by Gasteiger charge is -2.27. The summed E-state index contributed by atoms with van der Waals surface area (Å²) in [5.74, 6) is 0.424. The van der Waals surface area contributed by atoms with Gasteiger partial charge in [0, 0.05) is 5.92 Å². The molecule has 0 heteroatoms. The van der Waals surface area contributed by atoms with Crippen molar-refractivity contribution in [3.05, 3.63) is 81.4 Å². The second-order valence-electron chi connectivity index (χ2n) is 10.9. The Hall–Kier alpha value is -2.08. The lowest BCUT2D eigenvalue weighted by Crippen LogP contribution is -2.16. The van der Waals surface area contributed by atoms with E-state index in [2.05, 4.69) is 97.9 Å². The maximum atomic E-state index is 2.52. The highest BCUT2D eigenvalue weighted by molar-refractivity contribution is 5.79. The fraction of sp³-hybridized carbons (Fsp3) is 0.429. The van der Waals surface area contributed by atoms with Crippen LogP contribution in [-0.2, 0) is 17.3 Å². The van der Waals surface area contributed by atoms with E-state index in [1.54, 1.807) is 0 Å². The lowest BCUT2D eigenvalue weighted by molar-refractivity contribution is 0.581.